The van der Waals surface area contributed by atoms with Crippen LogP contribution in [0.2, 0.25) is 0 Å². The van der Waals surface area contributed by atoms with Crippen molar-refractivity contribution in [1.82, 2.24) is 24.7 Å². The van der Waals surface area contributed by atoms with E-state index in [0.717, 1.165) is 33.3 Å². The van der Waals surface area contributed by atoms with Gasteiger partial charge in [0, 0.05) is 22.3 Å². The van der Waals surface area contributed by atoms with Gasteiger partial charge in [0.15, 0.2) is 5.65 Å². The van der Waals surface area contributed by atoms with E-state index in [0.29, 0.717) is 18.8 Å². The second kappa shape index (κ2) is 5.66. The first-order valence-corrected chi connectivity index (χ1v) is 7.64. The van der Waals surface area contributed by atoms with Crippen LogP contribution in [0.3, 0.4) is 0 Å². The number of nitrogens with zero attached hydrogens (tertiary/aromatic N) is 5. The van der Waals surface area contributed by atoms with Gasteiger partial charge in [0.05, 0.1) is 30.6 Å². The van der Waals surface area contributed by atoms with Crippen LogP contribution in [0, 0.1) is 18.3 Å². The number of anilines is 2. The molecule has 0 saturated heterocycles. The van der Waals surface area contributed by atoms with Gasteiger partial charge in [-0.2, -0.15) is 10.4 Å². The van der Waals surface area contributed by atoms with Crippen LogP contribution in [0.15, 0.2) is 36.8 Å². The highest BCUT2D eigenvalue weighted by Gasteiger charge is 2.10. The molecule has 3 aromatic heterocycles. The molecule has 0 fully saturated rings. The average molecular weight is 317 g/mol. The summed E-state index contributed by atoms with van der Waals surface area (Å²) in [4.78, 5) is 11.9. The fourth-order valence-electron chi connectivity index (χ4n) is 2.80. The fourth-order valence-corrected chi connectivity index (χ4v) is 2.80. The van der Waals surface area contributed by atoms with E-state index in [1.807, 2.05) is 19.1 Å². The van der Waals surface area contributed by atoms with E-state index < -0.39 is 0 Å². The van der Waals surface area contributed by atoms with Crippen LogP contribution < -0.4 is 5.32 Å². The van der Waals surface area contributed by atoms with E-state index in [2.05, 4.69) is 43.6 Å². The summed E-state index contributed by atoms with van der Waals surface area (Å²) >= 11 is 0. The van der Waals surface area contributed by atoms with Crippen LogP contribution in [-0.4, -0.2) is 24.7 Å². The Balaban J connectivity index is 1.70. The van der Waals surface area contributed by atoms with E-state index >= 15 is 0 Å². The molecular formula is C17H15N7. The van der Waals surface area contributed by atoms with Crippen molar-refractivity contribution in [3.8, 4) is 6.07 Å². The molecule has 3 heterocycles. The first kappa shape index (κ1) is 14.2. The largest absolute Gasteiger partial charge is 0.359 e. The number of hydrogen-bond acceptors (Lipinski definition) is 5. The number of aryl methyl sites for hydroxylation is 2. The highest BCUT2D eigenvalue weighted by molar-refractivity contribution is 5.90. The molecule has 0 amide bonds. The highest BCUT2D eigenvalue weighted by atomic mass is 15.3. The van der Waals surface area contributed by atoms with Gasteiger partial charge in [-0.25, -0.2) is 14.6 Å². The Labute approximate surface area is 138 Å². The molecule has 24 heavy (non-hydrogen) atoms. The number of nitrogens with one attached hydrogen (secondary N) is 2. The van der Waals surface area contributed by atoms with Gasteiger partial charge in [-0.15, -0.1) is 0 Å². The van der Waals surface area contributed by atoms with E-state index in [1.54, 1.807) is 10.9 Å². The molecule has 4 aromatic rings. The molecule has 1 aromatic carbocycles. The summed E-state index contributed by atoms with van der Waals surface area (Å²) in [6, 6.07) is 10.4. The summed E-state index contributed by atoms with van der Waals surface area (Å²) in [6.45, 7) is 2.56. The van der Waals surface area contributed by atoms with Crippen molar-refractivity contribution >= 4 is 33.4 Å². The van der Waals surface area contributed by atoms with Crippen LogP contribution in [0.5, 0.6) is 0 Å². The third-order valence-corrected chi connectivity index (χ3v) is 3.89. The summed E-state index contributed by atoms with van der Waals surface area (Å²) in [7, 11) is 0. The molecular weight excluding hydrogens is 302 g/mol. The molecule has 0 aliphatic heterocycles. The SMILES string of the molecule is Cc1cc2cc(Nc3ncnc4c3cnn4CCC#N)ccc2[nH]1. The van der Waals surface area contributed by atoms with Crippen molar-refractivity contribution in [3.63, 3.8) is 0 Å². The third kappa shape index (κ3) is 2.44. The van der Waals surface area contributed by atoms with Crippen LogP contribution in [0.4, 0.5) is 11.5 Å². The smallest absolute Gasteiger partial charge is 0.163 e. The maximum atomic E-state index is 8.74. The molecule has 0 atom stereocenters. The summed E-state index contributed by atoms with van der Waals surface area (Å²) in [6.07, 6.45) is 3.63. The zero-order valence-corrected chi connectivity index (χ0v) is 13.1. The summed E-state index contributed by atoms with van der Waals surface area (Å²) in [5.41, 5.74) is 3.91. The van der Waals surface area contributed by atoms with Gasteiger partial charge >= 0.3 is 0 Å². The number of H-pyrrole nitrogens is 1. The lowest BCUT2D eigenvalue weighted by atomic mass is 10.2. The first-order valence-electron chi connectivity index (χ1n) is 7.64. The van der Waals surface area contributed by atoms with Crippen molar-refractivity contribution < 1.29 is 0 Å². The Morgan fingerprint density at radius 2 is 2.21 bits per heavy atom. The Morgan fingerprint density at radius 1 is 1.29 bits per heavy atom. The lowest BCUT2D eigenvalue weighted by molar-refractivity contribution is 0.643. The predicted molar refractivity (Wildman–Crippen MR) is 91.9 cm³/mol. The highest BCUT2D eigenvalue weighted by Crippen LogP contribution is 2.25. The van der Waals surface area contributed by atoms with Crippen molar-refractivity contribution in [1.29, 1.82) is 5.26 Å². The molecule has 0 saturated carbocycles. The molecule has 2 N–H and O–H groups in total. The van der Waals surface area contributed by atoms with Gasteiger partial charge in [0.1, 0.15) is 12.1 Å². The number of aromatic nitrogens is 5. The minimum Gasteiger partial charge on any atom is -0.359 e. The maximum Gasteiger partial charge on any atom is 0.163 e. The van der Waals surface area contributed by atoms with E-state index in [1.165, 1.54) is 6.33 Å². The predicted octanol–water partition coefficient (Wildman–Crippen LogP) is 3.27. The molecule has 4 rings (SSSR count). The molecule has 7 nitrogen and oxygen atoms in total. The van der Waals surface area contributed by atoms with Crippen molar-refractivity contribution in [2.24, 2.45) is 0 Å². The summed E-state index contributed by atoms with van der Waals surface area (Å²) < 4.78 is 1.73. The Bertz CT molecular complexity index is 1070. The van der Waals surface area contributed by atoms with Gasteiger partial charge < -0.3 is 10.3 Å². The third-order valence-electron chi connectivity index (χ3n) is 3.89. The second-order valence-corrected chi connectivity index (χ2v) is 5.61. The molecule has 0 spiro atoms. The average Bonchev–Trinajstić information content (AvgIpc) is 3.15. The molecule has 118 valence electrons. The van der Waals surface area contributed by atoms with Gasteiger partial charge in [-0.3, -0.25) is 0 Å². The van der Waals surface area contributed by atoms with Gasteiger partial charge in [0.2, 0.25) is 0 Å². The van der Waals surface area contributed by atoms with Crippen molar-refractivity contribution in [2.45, 2.75) is 19.9 Å². The lowest BCUT2D eigenvalue weighted by Gasteiger charge is -2.07. The lowest BCUT2D eigenvalue weighted by Crippen LogP contribution is -2.01. The van der Waals surface area contributed by atoms with E-state index in [4.69, 9.17) is 5.26 Å². The number of benzene rings is 1. The Kier molecular flexibility index (Phi) is 3.35. The van der Waals surface area contributed by atoms with Gasteiger partial charge in [0.25, 0.3) is 0 Å². The topological polar surface area (TPSA) is 95.2 Å². The standard InChI is InChI=1S/C17H15N7/c1-11-7-12-8-13(3-4-15(12)22-11)23-16-14-9-21-24(6-2-5-18)17(14)20-10-19-16/h3-4,7-10,22H,2,6H2,1H3,(H,19,20,23). The molecule has 0 aliphatic rings. The normalized spacial score (nSPS) is 11.0. The monoisotopic (exact) mass is 317 g/mol. The van der Waals surface area contributed by atoms with Crippen LogP contribution in [0.1, 0.15) is 12.1 Å². The summed E-state index contributed by atoms with van der Waals surface area (Å²) in [5.74, 6) is 0.704. The second-order valence-electron chi connectivity index (χ2n) is 5.61. The number of nitriles is 1. The van der Waals surface area contributed by atoms with Gasteiger partial charge in [-0.1, -0.05) is 0 Å². The maximum absolute atomic E-state index is 8.74. The van der Waals surface area contributed by atoms with Gasteiger partial charge in [-0.05, 0) is 31.2 Å². The zero-order valence-electron chi connectivity index (χ0n) is 13.1. The minimum absolute atomic E-state index is 0.396. The van der Waals surface area contributed by atoms with Crippen LogP contribution in [-0.2, 0) is 6.54 Å². The zero-order chi connectivity index (χ0) is 16.5. The number of aromatic amines is 1. The first-order chi connectivity index (χ1) is 11.7. The van der Waals surface area contributed by atoms with Crippen molar-refractivity contribution in [2.75, 3.05) is 5.32 Å². The fraction of sp³-hybridized carbons (Fsp3) is 0.176. The Morgan fingerprint density at radius 3 is 3.08 bits per heavy atom. The number of rotatable bonds is 4. The Hall–Kier alpha value is -3.40. The van der Waals surface area contributed by atoms with E-state index in [9.17, 15) is 0 Å². The molecule has 0 bridgehead atoms. The van der Waals surface area contributed by atoms with E-state index in [-0.39, 0.29) is 0 Å². The molecule has 0 radical (unpaired) electrons. The molecule has 0 unspecified atom stereocenters. The summed E-state index contributed by atoms with van der Waals surface area (Å²) in [5, 5.41) is 18.4. The number of fused-ring (bicyclic) bond motifs is 2. The molecule has 7 heteroatoms. The minimum atomic E-state index is 0.396. The van der Waals surface area contributed by atoms with Crippen LogP contribution in [0.25, 0.3) is 21.9 Å². The molecule has 0 aliphatic carbocycles. The van der Waals surface area contributed by atoms with Crippen LogP contribution >= 0.6 is 0 Å². The van der Waals surface area contributed by atoms with Crippen molar-refractivity contribution in [3.05, 3.63) is 42.5 Å². The quantitative estimate of drug-likeness (QED) is 0.602. The number of hydrogen-bond donors (Lipinski definition) is 2.